The van der Waals surface area contributed by atoms with Gasteiger partial charge in [-0.25, -0.2) is 4.98 Å². The van der Waals surface area contributed by atoms with Gasteiger partial charge in [-0.05, 0) is 49.9 Å². The number of aromatic nitrogens is 2. The van der Waals surface area contributed by atoms with Gasteiger partial charge in [0, 0.05) is 5.92 Å². The van der Waals surface area contributed by atoms with Gasteiger partial charge in [0.05, 0.1) is 17.6 Å². The molecule has 1 unspecified atom stereocenters. The molecular formula is C23H29ClN2O2. The first-order valence-electron chi connectivity index (χ1n) is 9.95. The Labute approximate surface area is 173 Å². The van der Waals surface area contributed by atoms with Crippen molar-refractivity contribution in [2.75, 3.05) is 6.61 Å². The van der Waals surface area contributed by atoms with E-state index in [1.54, 1.807) is 0 Å². The van der Waals surface area contributed by atoms with Crippen molar-refractivity contribution in [2.24, 2.45) is 0 Å². The highest BCUT2D eigenvalue weighted by atomic mass is 35.5. The molecule has 1 heterocycles. The molecule has 4 nitrogen and oxygen atoms in total. The van der Waals surface area contributed by atoms with Crippen molar-refractivity contribution in [3.8, 4) is 5.75 Å². The molecule has 1 aliphatic rings. The third kappa shape index (κ3) is 4.18. The maximum absolute atomic E-state index is 10.7. The van der Waals surface area contributed by atoms with E-state index in [9.17, 15) is 5.11 Å². The second-order valence-electron chi connectivity index (χ2n) is 7.74. The fourth-order valence-electron chi connectivity index (χ4n) is 4.25. The van der Waals surface area contributed by atoms with Gasteiger partial charge in [0.25, 0.3) is 0 Å². The highest BCUT2D eigenvalue weighted by molar-refractivity contribution is 5.85. The average molecular weight is 401 g/mol. The lowest BCUT2D eigenvalue weighted by Crippen LogP contribution is -2.25. The van der Waals surface area contributed by atoms with Crippen LogP contribution in [0.3, 0.4) is 0 Å². The lowest BCUT2D eigenvalue weighted by Gasteiger charge is -2.19. The van der Waals surface area contributed by atoms with Crippen LogP contribution in [0, 0.1) is 13.8 Å². The zero-order valence-corrected chi connectivity index (χ0v) is 17.4. The number of aryl methyl sites for hydroxylation is 2. The number of para-hydroxylation sites is 3. The summed E-state index contributed by atoms with van der Waals surface area (Å²) >= 11 is 0. The summed E-state index contributed by atoms with van der Waals surface area (Å²) in [6, 6.07) is 14.3. The first-order valence-corrected chi connectivity index (χ1v) is 9.95. The van der Waals surface area contributed by atoms with Gasteiger partial charge < -0.3 is 14.4 Å². The van der Waals surface area contributed by atoms with Crippen LogP contribution in [-0.4, -0.2) is 27.4 Å². The van der Waals surface area contributed by atoms with Gasteiger partial charge in [-0.3, -0.25) is 0 Å². The van der Waals surface area contributed by atoms with E-state index in [1.165, 1.54) is 25.7 Å². The summed E-state index contributed by atoms with van der Waals surface area (Å²) in [5.74, 6) is 2.51. The molecule has 150 valence electrons. The third-order valence-electron chi connectivity index (χ3n) is 5.63. The molecule has 0 radical (unpaired) electrons. The number of imidazole rings is 1. The Balaban J connectivity index is 0.00000225. The SMILES string of the molecule is Cc1cccc(C)c1OCC(O)Cn1c(C2CCCC2)nc2ccccc21.Cl. The number of ether oxygens (including phenoxy) is 1. The normalized spacial score (nSPS) is 15.5. The van der Waals surface area contributed by atoms with E-state index < -0.39 is 6.10 Å². The smallest absolute Gasteiger partial charge is 0.125 e. The number of aliphatic hydroxyl groups is 1. The lowest BCUT2D eigenvalue weighted by atomic mass is 10.1. The Morgan fingerprint density at radius 2 is 1.75 bits per heavy atom. The summed E-state index contributed by atoms with van der Waals surface area (Å²) in [5, 5.41) is 10.7. The van der Waals surface area contributed by atoms with Gasteiger partial charge >= 0.3 is 0 Å². The minimum absolute atomic E-state index is 0. The largest absolute Gasteiger partial charge is 0.490 e. The number of hydrogen-bond acceptors (Lipinski definition) is 3. The fraction of sp³-hybridized carbons (Fsp3) is 0.435. The average Bonchev–Trinajstić information content (AvgIpc) is 3.30. The Morgan fingerprint density at radius 1 is 1.07 bits per heavy atom. The highest BCUT2D eigenvalue weighted by Crippen LogP contribution is 2.35. The second kappa shape index (κ2) is 8.97. The summed E-state index contributed by atoms with van der Waals surface area (Å²) in [5.41, 5.74) is 4.32. The Morgan fingerprint density at radius 3 is 2.46 bits per heavy atom. The first kappa shape index (κ1) is 20.7. The summed E-state index contributed by atoms with van der Waals surface area (Å²) < 4.78 is 8.18. The van der Waals surface area contributed by atoms with Crippen LogP contribution in [0.4, 0.5) is 0 Å². The van der Waals surface area contributed by atoms with Gasteiger partial charge in [0.15, 0.2) is 0 Å². The molecule has 4 rings (SSSR count). The van der Waals surface area contributed by atoms with E-state index in [4.69, 9.17) is 9.72 Å². The van der Waals surface area contributed by atoms with Crippen LogP contribution in [-0.2, 0) is 6.54 Å². The van der Waals surface area contributed by atoms with Gasteiger partial charge in [-0.15, -0.1) is 12.4 Å². The van der Waals surface area contributed by atoms with Crippen LogP contribution in [0.2, 0.25) is 0 Å². The highest BCUT2D eigenvalue weighted by Gasteiger charge is 2.24. The predicted octanol–water partition coefficient (Wildman–Crippen LogP) is 5.17. The number of aliphatic hydroxyl groups excluding tert-OH is 1. The molecule has 0 amide bonds. The molecule has 1 fully saturated rings. The number of fused-ring (bicyclic) bond motifs is 1. The number of hydrogen-bond donors (Lipinski definition) is 1. The van der Waals surface area contributed by atoms with Crippen LogP contribution in [0.1, 0.15) is 48.6 Å². The van der Waals surface area contributed by atoms with Crippen molar-refractivity contribution >= 4 is 23.4 Å². The molecule has 0 saturated heterocycles. The van der Waals surface area contributed by atoms with E-state index in [-0.39, 0.29) is 19.0 Å². The summed E-state index contributed by atoms with van der Waals surface area (Å²) in [7, 11) is 0. The van der Waals surface area contributed by atoms with Crippen molar-refractivity contribution in [2.45, 2.75) is 58.1 Å². The van der Waals surface area contributed by atoms with E-state index in [0.717, 1.165) is 33.7 Å². The van der Waals surface area contributed by atoms with Gasteiger partial charge in [-0.2, -0.15) is 0 Å². The molecule has 1 atom stereocenters. The van der Waals surface area contributed by atoms with E-state index in [1.807, 2.05) is 44.2 Å². The summed E-state index contributed by atoms with van der Waals surface area (Å²) in [6.07, 6.45) is 4.34. The zero-order valence-electron chi connectivity index (χ0n) is 16.6. The molecule has 2 aromatic carbocycles. The second-order valence-corrected chi connectivity index (χ2v) is 7.74. The number of benzene rings is 2. The van der Waals surface area contributed by atoms with Crippen molar-refractivity contribution in [1.82, 2.24) is 9.55 Å². The number of rotatable bonds is 6. The van der Waals surface area contributed by atoms with Gasteiger partial charge in [0.1, 0.15) is 24.3 Å². The summed E-state index contributed by atoms with van der Waals surface area (Å²) in [4.78, 5) is 4.91. The van der Waals surface area contributed by atoms with Gasteiger partial charge in [-0.1, -0.05) is 43.2 Å². The molecule has 1 saturated carbocycles. The lowest BCUT2D eigenvalue weighted by molar-refractivity contribution is 0.0918. The minimum atomic E-state index is -0.582. The molecule has 1 aromatic heterocycles. The van der Waals surface area contributed by atoms with Crippen molar-refractivity contribution in [3.63, 3.8) is 0 Å². The standard InChI is InChI=1S/C23H28N2O2.ClH/c1-16-8-7-9-17(2)22(16)27-15-19(26)14-25-21-13-6-5-12-20(21)24-23(25)18-10-3-4-11-18;/h5-9,12-13,18-19,26H,3-4,10-11,14-15H2,1-2H3;1H. The van der Waals surface area contributed by atoms with Crippen molar-refractivity contribution in [1.29, 1.82) is 0 Å². The molecule has 1 aliphatic carbocycles. The van der Waals surface area contributed by atoms with Gasteiger partial charge in [0.2, 0.25) is 0 Å². The maximum atomic E-state index is 10.7. The Hall–Kier alpha value is -2.04. The monoisotopic (exact) mass is 400 g/mol. The van der Waals surface area contributed by atoms with E-state index >= 15 is 0 Å². The topological polar surface area (TPSA) is 47.3 Å². The Bertz CT molecular complexity index is 911. The summed E-state index contributed by atoms with van der Waals surface area (Å²) in [6.45, 7) is 4.87. The number of halogens is 1. The van der Waals surface area contributed by atoms with E-state index in [0.29, 0.717) is 12.5 Å². The molecule has 5 heteroatoms. The fourth-order valence-corrected chi connectivity index (χ4v) is 4.25. The van der Waals surface area contributed by atoms with Crippen LogP contribution in [0.15, 0.2) is 42.5 Å². The molecule has 28 heavy (non-hydrogen) atoms. The maximum Gasteiger partial charge on any atom is 0.125 e. The van der Waals surface area contributed by atoms with E-state index in [2.05, 4.69) is 16.7 Å². The minimum Gasteiger partial charge on any atom is -0.490 e. The first-order chi connectivity index (χ1) is 13.1. The molecule has 1 N–H and O–H groups in total. The van der Waals surface area contributed by atoms with Crippen LogP contribution >= 0.6 is 12.4 Å². The molecule has 0 bridgehead atoms. The zero-order chi connectivity index (χ0) is 18.8. The molecule has 0 spiro atoms. The number of nitrogens with zero attached hydrogens (tertiary/aromatic N) is 2. The third-order valence-corrected chi connectivity index (χ3v) is 5.63. The van der Waals surface area contributed by atoms with Crippen LogP contribution in [0.5, 0.6) is 5.75 Å². The van der Waals surface area contributed by atoms with Crippen molar-refractivity contribution in [3.05, 3.63) is 59.4 Å². The van der Waals surface area contributed by atoms with Crippen molar-refractivity contribution < 1.29 is 9.84 Å². The quantitative estimate of drug-likeness (QED) is 0.620. The Kier molecular flexibility index (Phi) is 6.63. The van der Waals surface area contributed by atoms with Crippen LogP contribution in [0.25, 0.3) is 11.0 Å². The molecule has 0 aliphatic heterocycles. The predicted molar refractivity (Wildman–Crippen MR) is 116 cm³/mol. The molecule has 3 aromatic rings. The molecular weight excluding hydrogens is 372 g/mol. The van der Waals surface area contributed by atoms with Crippen LogP contribution < -0.4 is 4.74 Å².